The Morgan fingerprint density at radius 1 is 1.35 bits per heavy atom. The zero-order valence-electron chi connectivity index (χ0n) is 15.3. The molecular weight excluding hydrogens is 328 g/mol. The van der Waals surface area contributed by atoms with E-state index in [1.54, 1.807) is 13.0 Å². The Kier molecular flexibility index (Phi) is 4.69. The number of hydrogen-bond acceptors (Lipinski definition) is 3. The smallest absolute Gasteiger partial charge is 0.340 e. The molecule has 26 heavy (non-hydrogen) atoms. The van der Waals surface area contributed by atoms with Gasteiger partial charge in [0.2, 0.25) is 0 Å². The summed E-state index contributed by atoms with van der Waals surface area (Å²) >= 11 is 0. The molecule has 0 fully saturated rings. The molecule has 0 aliphatic carbocycles. The van der Waals surface area contributed by atoms with Crippen molar-refractivity contribution in [1.29, 1.82) is 0 Å². The molecule has 0 aliphatic heterocycles. The number of fused-ring (bicyclic) bond motifs is 3. The second-order valence-corrected chi connectivity index (χ2v) is 6.15. The van der Waals surface area contributed by atoms with Crippen molar-refractivity contribution in [3.8, 4) is 0 Å². The number of benzene rings is 2. The van der Waals surface area contributed by atoms with Crippen molar-refractivity contribution < 1.29 is 9.53 Å². The van der Waals surface area contributed by atoms with Crippen LogP contribution in [0, 0.1) is 13.8 Å². The van der Waals surface area contributed by atoms with Gasteiger partial charge in [0.25, 0.3) is 0 Å². The fourth-order valence-electron chi connectivity index (χ4n) is 3.47. The first kappa shape index (κ1) is 17.6. The summed E-state index contributed by atoms with van der Waals surface area (Å²) in [6.07, 6.45) is 1.60. The van der Waals surface area contributed by atoms with E-state index >= 15 is 0 Å². The summed E-state index contributed by atoms with van der Waals surface area (Å²) in [7, 11) is 2.05. The Bertz CT molecular complexity index is 1100. The lowest BCUT2D eigenvalue weighted by molar-refractivity contribution is -0.138. The van der Waals surface area contributed by atoms with Gasteiger partial charge in [-0.3, -0.25) is 0 Å². The normalized spacial score (nSPS) is 11.6. The number of ether oxygens (including phenoxy) is 1. The van der Waals surface area contributed by atoms with Crippen LogP contribution >= 0.6 is 0 Å². The highest BCUT2D eigenvalue weighted by Crippen LogP contribution is 2.35. The van der Waals surface area contributed by atoms with Crippen LogP contribution in [0.4, 0.5) is 0 Å². The van der Waals surface area contributed by atoms with Gasteiger partial charge in [-0.2, -0.15) is 0 Å². The SMILES string of the molecule is CCOC(=O)/C(=C/c1cc(C)c2c(c1C)c1ccccc1n2C)N=[N+]=[N-]. The first-order valence-electron chi connectivity index (χ1n) is 8.40. The summed E-state index contributed by atoms with van der Waals surface area (Å²) in [5.74, 6) is -0.625. The number of hydrogen-bond donors (Lipinski definition) is 0. The highest BCUT2D eigenvalue weighted by Gasteiger charge is 2.16. The molecule has 0 aliphatic rings. The van der Waals surface area contributed by atoms with Crippen LogP contribution in [-0.2, 0) is 16.6 Å². The summed E-state index contributed by atoms with van der Waals surface area (Å²) in [5.41, 5.74) is 14.0. The fourth-order valence-corrected chi connectivity index (χ4v) is 3.47. The van der Waals surface area contributed by atoms with Crippen LogP contribution < -0.4 is 0 Å². The van der Waals surface area contributed by atoms with E-state index < -0.39 is 5.97 Å². The Labute approximate surface area is 151 Å². The average Bonchev–Trinajstić information content (AvgIpc) is 2.93. The zero-order valence-corrected chi connectivity index (χ0v) is 15.3. The van der Waals surface area contributed by atoms with E-state index in [1.807, 2.05) is 32.0 Å². The van der Waals surface area contributed by atoms with Gasteiger partial charge in [-0.05, 0) is 61.2 Å². The fraction of sp³-hybridized carbons (Fsp3) is 0.250. The molecule has 0 spiro atoms. The summed E-state index contributed by atoms with van der Waals surface area (Å²) in [6.45, 7) is 5.98. The highest BCUT2D eigenvalue weighted by atomic mass is 16.5. The Morgan fingerprint density at radius 3 is 2.77 bits per heavy atom. The molecule has 0 radical (unpaired) electrons. The molecule has 0 atom stereocenters. The van der Waals surface area contributed by atoms with Gasteiger partial charge in [0.1, 0.15) is 5.70 Å². The predicted molar refractivity (Wildman–Crippen MR) is 104 cm³/mol. The largest absolute Gasteiger partial charge is 0.462 e. The lowest BCUT2D eigenvalue weighted by Gasteiger charge is -2.09. The van der Waals surface area contributed by atoms with Gasteiger partial charge >= 0.3 is 5.97 Å². The molecule has 132 valence electrons. The Morgan fingerprint density at radius 2 is 2.08 bits per heavy atom. The van der Waals surface area contributed by atoms with Gasteiger partial charge in [-0.25, -0.2) is 4.79 Å². The summed E-state index contributed by atoms with van der Waals surface area (Å²) in [5, 5.41) is 5.81. The number of azide groups is 1. The first-order chi connectivity index (χ1) is 12.5. The molecule has 0 amide bonds. The lowest BCUT2D eigenvalue weighted by Crippen LogP contribution is -2.05. The van der Waals surface area contributed by atoms with Gasteiger partial charge in [0, 0.05) is 28.2 Å². The van der Waals surface area contributed by atoms with Crippen molar-refractivity contribution >= 4 is 33.9 Å². The molecule has 1 heterocycles. The molecule has 0 N–H and O–H groups in total. The molecule has 0 bridgehead atoms. The van der Waals surface area contributed by atoms with E-state index in [4.69, 9.17) is 10.3 Å². The van der Waals surface area contributed by atoms with E-state index in [0.29, 0.717) is 0 Å². The van der Waals surface area contributed by atoms with Crippen LogP contribution in [0.25, 0.3) is 38.3 Å². The van der Waals surface area contributed by atoms with Crippen molar-refractivity contribution in [1.82, 2.24) is 4.57 Å². The zero-order chi connectivity index (χ0) is 18.8. The van der Waals surface area contributed by atoms with Crippen LogP contribution in [0.5, 0.6) is 0 Å². The van der Waals surface area contributed by atoms with E-state index in [1.165, 1.54) is 0 Å². The number of aryl methyl sites for hydroxylation is 3. The molecule has 2 aromatic carbocycles. The van der Waals surface area contributed by atoms with Gasteiger partial charge in [-0.15, -0.1) is 0 Å². The van der Waals surface area contributed by atoms with Gasteiger partial charge in [0.05, 0.1) is 12.1 Å². The number of carbonyl (C=O) groups is 1. The van der Waals surface area contributed by atoms with Crippen molar-refractivity contribution in [2.75, 3.05) is 6.61 Å². The topological polar surface area (TPSA) is 80.0 Å². The van der Waals surface area contributed by atoms with Crippen molar-refractivity contribution in [3.05, 3.63) is 63.2 Å². The molecule has 0 saturated heterocycles. The second kappa shape index (κ2) is 6.94. The van der Waals surface area contributed by atoms with E-state index in [-0.39, 0.29) is 12.3 Å². The van der Waals surface area contributed by atoms with Crippen molar-refractivity contribution in [2.45, 2.75) is 20.8 Å². The van der Waals surface area contributed by atoms with E-state index in [0.717, 1.165) is 38.5 Å². The maximum atomic E-state index is 12.1. The minimum atomic E-state index is -0.625. The van der Waals surface area contributed by atoms with Crippen LogP contribution in [-0.4, -0.2) is 17.1 Å². The minimum Gasteiger partial charge on any atom is -0.462 e. The number of para-hydroxylation sites is 1. The second-order valence-electron chi connectivity index (χ2n) is 6.15. The summed E-state index contributed by atoms with van der Waals surface area (Å²) in [4.78, 5) is 14.8. The Hall–Kier alpha value is -3.24. The maximum absolute atomic E-state index is 12.1. The molecule has 6 heteroatoms. The number of nitrogens with zero attached hydrogens (tertiary/aromatic N) is 4. The standard InChI is InChI=1S/C20H20N4O2/c1-5-26-20(25)16(22-23-21)11-14-10-12(2)19-18(13(14)3)15-8-6-7-9-17(15)24(19)4/h6-11H,5H2,1-4H3/b16-11-. The summed E-state index contributed by atoms with van der Waals surface area (Å²) in [6, 6.07) is 10.2. The highest BCUT2D eigenvalue weighted by molar-refractivity contribution is 6.11. The molecule has 0 unspecified atom stereocenters. The van der Waals surface area contributed by atoms with Gasteiger partial charge in [-0.1, -0.05) is 23.3 Å². The third-order valence-electron chi connectivity index (χ3n) is 4.59. The monoisotopic (exact) mass is 348 g/mol. The average molecular weight is 348 g/mol. The number of aromatic nitrogens is 1. The van der Waals surface area contributed by atoms with Crippen LogP contribution in [0.2, 0.25) is 0 Å². The minimum absolute atomic E-state index is 0.0450. The van der Waals surface area contributed by atoms with Crippen molar-refractivity contribution in [3.63, 3.8) is 0 Å². The van der Waals surface area contributed by atoms with E-state index in [9.17, 15) is 4.79 Å². The predicted octanol–water partition coefficient (Wildman–Crippen LogP) is 5.16. The molecule has 0 saturated carbocycles. The number of rotatable bonds is 4. The van der Waals surface area contributed by atoms with Crippen LogP contribution in [0.1, 0.15) is 23.6 Å². The maximum Gasteiger partial charge on any atom is 0.340 e. The number of esters is 1. The van der Waals surface area contributed by atoms with Gasteiger partial charge < -0.3 is 9.30 Å². The molecule has 6 nitrogen and oxygen atoms in total. The van der Waals surface area contributed by atoms with Crippen LogP contribution in [0.15, 0.2) is 41.1 Å². The Balaban J connectivity index is 2.33. The van der Waals surface area contributed by atoms with E-state index in [2.05, 4.69) is 33.8 Å². The van der Waals surface area contributed by atoms with Gasteiger partial charge in [0.15, 0.2) is 0 Å². The molecular formula is C20H20N4O2. The summed E-state index contributed by atoms with van der Waals surface area (Å²) < 4.78 is 7.17. The third kappa shape index (κ3) is 2.80. The van der Waals surface area contributed by atoms with Crippen LogP contribution in [0.3, 0.4) is 0 Å². The number of carbonyl (C=O) groups excluding carboxylic acids is 1. The first-order valence-corrected chi connectivity index (χ1v) is 8.40. The van der Waals surface area contributed by atoms with Crippen molar-refractivity contribution in [2.24, 2.45) is 12.2 Å². The molecule has 3 rings (SSSR count). The third-order valence-corrected chi connectivity index (χ3v) is 4.59. The molecule has 3 aromatic rings. The lowest BCUT2D eigenvalue weighted by atomic mass is 9.98. The molecule has 1 aromatic heterocycles. The quantitative estimate of drug-likeness (QED) is 0.214.